The van der Waals surface area contributed by atoms with Crippen molar-refractivity contribution in [2.75, 3.05) is 0 Å². The van der Waals surface area contributed by atoms with E-state index >= 15 is 0 Å². The third kappa shape index (κ3) is 3.44. The van der Waals surface area contributed by atoms with Gasteiger partial charge in [-0.05, 0) is 23.3 Å². The van der Waals surface area contributed by atoms with Crippen molar-refractivity contribution in [2.45, 2.75) is 25.3 Å². The molecule has 0 atom stereocenters. The minimum absolute atomic E-state index is 0.0522. The molecule has 0 spiro atoms. The predicted molar refractivity (Wildman–Crippen MR) is 86.7 cm³/mol. The molecule has 1 aromatic heterocycles. The number of alkyl halides is 2. The van der Waals surface area contributed by atoms with Gasteiger partial charge in [-0.2, -0.15) is 5.10 Å². The van der Waals surface area contributed by atoms with Gasteiger partial charge < -0.3 is 5.11 Å². The number of halogens is 4. The van der Waals surface area contributed by atoms with Crippen molar-refractivity contribution < 1.29 is 18.7 Å². The van der Waals surface area contributed by atoms with Gasteiger partial charge in [-0.1, -0.05) is 29.3 Å². The summed E-state index contributed by atoms with van der Waals surface area (Å²) in [6.07, 6.45) is 1.06. The maximum Gasteiger partial charge on any atom is 0.328 e. The summed E-state index contributed by atoms with van der Waals surface area (Å²) in [5, 5.41) is 14.0. The van der Waals surface area contributed by atoms with Gasteiger partial charge in [0.05, 0.1) is 18.4 Å². The summed E-state index contributed by atoms with van der Waals surface area (Å²) < 4.78 is 29.1. The monoisotopic (exact) mass is 372 g/mol. The minimum atomic E-state index is -2.99. The van der Waals surface area contributed by atoms with Gasteiger partial charge in [-0.25, -0.2) is 13.6 Å². The van der Waals surface area contributed by atoms with E-state index in [0.717, 1.165) is 6.08 Å². The van der Waals surface area contributed by atoms with Gasteiger partial charge in [-0.3, -0.25) is 4.68 Å². The first-order valence-electron chi connectivity index (χ1n) is 7.05. The van der Waals surface area contributed by atoms with Gasteiger partial charge in [0.25, 0.3) is 5.92 Å². The van der Waals surface area contributed by atoms with Gasteiger partial charge in [0.15, 0.2) is 0 Å². The smallest absolute Gasteiger partial charge is 0.328 e. The summed E-state index contributed by atoms with van der Waals surface area (Å²) in [5.41, 5.74) is 1.49. The Kier molecular flexibility index (Phi) is 4.36. The molecule has 3 rings (SSSR count). The fourth-order valence-electron chi connectivity index (χ4n) is 2.83. The number of fused-ring (bicyclic) bond motifs is 1. The van der Waals surface area contributed by atoms with E-state index in [1.165, 1.54) is 10.9 Å². The van der Waals surface area contributed by atoms with E-state index in [1.807, 2.05) is 0 Å². The molecule has 2 aromatic rings. The highest BCUT2D eigenvalue weighted by Gasteiger charge is 2.39. The lowest BCUT2D eigenvalue weighted by Gasteiger charge is -2.25. The van der Waals surface area contributed by atoms with Gasteiger partial charge in [-0.15, -0.1) is 0 Å². The summed E-state index contributed by atoms with van der Waals surface area (Å²) >= 11 is 12.0. The summed E-state index contributed by atoms with van der Waals surface area (Å²) in [6.45, 7) is 0.230. The predicted octanol–water partition coefficient (Wildman–Crippen LogP) is 4.29. The first-order chi connectivity index (χ1) is 11.2. The molecule has 0 radical (unpaired) electrons. The first-order valence-corrected chi connectivity index (χ1v) is 7.81. The molecular weight excluding hydrogens is 361 g/mol. The number of nitrogens with zero attached hydrogens (tertiary/aromatic N) is 2. The van der Waals surface area contributed by atoms with Crippen LogP contribution in [0.3, 0.4) is 0 Å². The van der Waals surface area contributed by atoms with Crippen LogP contribution in [-0.4, -0.2) is 26.8 Å². The SMILES string of the molecule is O=C(O)/C=C1\CC(F)(F)Cc2cnn(Cc3ccc(Cl)cc3Cl)c21. The van der Waals surface area contributed by atoms with E-state index in [-0.39, 0.29) is 12.1 Å². The molecule has 0 fully saturated rings. The molecule has 0 unspecified atom stereocenters. The van der Waals surface area contributed by atoms with Crippen LogP contribution in [0.25, 0.3) is 5.57 Å². The molecule has 0 bridgehead atoms. The average molecular weight is 373 g/mol. The summed E-state index contributed by atoms with van der Waals surface area (Å²) in [5.74, 6) is -4.26. The van der Waals surface area contributed by atoms with Crippen molar-refractivity contribution in [1.82, 2.24) is 9.78 Å². The average Bonchev–Trinajstić information content (AvgIpc) is 2.82. The second-order valence-electron chi connectivity index (χ2n) is 5.63. The van der Waals surface area contributed by atoms with Gasteiger partial charge in [0.1, 0.15) is 0 Å². The quantitative estimate of drug-likeness (QED) is 0.817. The third-order valence-electron chi connectivity index (χ3n) is 3.75. The van der Waals surface area contributed by atoms with Crippen LogP contribution in [0.15, 0.2) is 30.5 Å². The standard InChI is InChI=1S/C16H12Cl2F2N2O2/c17-12-2-1-9(13(18)4-12)8-22-15-10(3-14(23)24)5-16(19,20)6-11(15)7-21-22/h1-4,7H,5-6,8H2,(H,23,24)/b10-3+. The highest BCUT2D eigenvalue weighted by molar-refractivity contribution is 6.35. The maximum atomic E-state index is 13.8. The molecule has 126 valence electrons. The Morgan fingerprint density at radius 2 is 2.12 bits per heavy atom. The van der Waals surface area contributed by atoms with Crippen LogP contribution in [0.5, 0.6) is 0 Å². The maximum absolute atomic E-state index is 13.8. The van der Waals surface area contributed by atoms with Crippen molar-refractivity contribution in [3.63, 3.8) is 0 Å². The Labute approximate surface area is 146 Å². The second kappa shape index (κ2) is 6.18. The van der Waals surface area contributed by atoms with Crippen LogP contribution >= 0.6 is 23.2 Å². The molecule has 1 aliphatic carbocycles. The Hall–Kier alpha value is -1.92. The molecule has 1 aromatic carbocycles. The Balaban J connectivity index is 2.03. The van der Waals surface area contributed by atoms with E-state index in [2.05, 4.69) is 5.10 Å². The van der Waals surface area contributed by atoms with Gasteiger partial charge >= 0.3 is 5.97 Å². The number of benzene rings is 1. The number of hydrogen-bond acceptors (Lipinski definition) is 2. The number of aromatic nitrogens is 2. The summed E-state index contributed by atoms with van der Waals surface area (Å²) in [6, 6.07) is 4.97. The Morgan fingerprint density at radius 3 is 2.79 bits per heavy atom. The number of allylic oxidation sites excluding steroid dienone is 1. The van der Waals surface area contributed by atoms with Gasteiger partial charge in [0, 0.05) is 34.5 Å². The Bertz CT molecular complexity index is 847. The van der Waals surface area contributed by atoms with E-state index < -0.39 is 24.7 Å². The third-order valence-corrected chi connectivity index (χ3v) is 4.34. The molecule has 1 aliphatic rings. The zero-order chi connectivity index (χ0) is 17.5. The van der Waals surface area contributed by atoms with Gasteiger partial charge in [0.2, 0.25) is 0 Å². The summed E-state index contributed by atoms with van der Waals surface area (Å²) in [4.78, 5) is 11.0. The number of carboxylic acid groups (broad SMARTS) is 1. The first kappa shape index (κ1) is 16.9. The normalized spacial score (nSPS) is 17.8. The minimum Gasteiger partial charge on any atom is -0.478 e. The van der Waals surface area contributed by atoms with Crippen LogP contribution in [0, 0.1) is 0 Å². The molecular formula is C16H12Cl2F2N2O2. The molecule has 0 amide bonds. The molecule has 1 heterocycles. The number of carbonyl (C=O) groups is 1. The molecule has 1 N–H and O–H groups in total. The largest absolute Gasteiger partial charge is 0.478 e. The van der Waals surface area contributed by atoms with Crippen molar-refractivity contribution in [3.8, 4) is 0 Å². The van der Waals surface area contributed by atoms with Crippen molar-refractivity contribution in [3.05, 3.63) is 57.3 Å². The molecule has 24 heavy (non-hydrogen) atoms. The molecule has 0 aliphatic heterocycles. The van der Waals surface area contributed by atoms with Crippen molar-refractivity contribution in [1.29, 1.82) is 0 Å². The molecule has 8 heteroatoms. The van der Waals surface area contributed by atoms with E-state index in [4.69, 9.17) is 28.3 Å². The van der Waals surface area contributed by atoms with Crippen LogP contribution in [0.1, 0.15) is 23.2 Å². The molecule has 0 saturated heterocycles. The lowest BCUT2D eigenvalue weighted by atomic mass is 9.89. The zero-order valence-electron chi connectivity index (χ0n) is 12.3. The highest BCUT2D eigenvalue weighted by Crippen LogP contribution is 2.40. The fraction of sp³-hybridized carbons (Fsp3) is 0.250. The van der Waals surface area contributed by atoms with Crippen molar-refractivity contribution >= 4 is 34.7 Å². The van der Waals surface area contributed by atoms with E-state index in [0.29, 0.717) is 26.9 Å². The second-order valence-corrected chi connectivity index (χ2v) is 6.47. The van der Waals surface area contributed by atoms with E-state index in [1.54, 1.807) is 18.2 Å². The number of hydrogen-bond donors (Lipinski definition) is 1. The number of aliphatic carboxylic acids is 1. The van der Waals surface area contributed by atoms with Crippen LogP contribution < -0.4 is 0 Å². The lowest BCUT2D eigenvalue weighted by molar-refractivity contribution is -0.131. The molecule has 4 nitrogen and oxygen atoms in total. The van der Waals surface area contributed by atoms with Crippen LogP contribution in [0.2, 0.25) is 10.0 Å². The zero-order valence-corrected chi connectivity index (χ0v) is 13.8. The summed E-state index contributed by atoms with van der Waals surface area (Å²) in [7, 11) is 0. The van der Waals surface area contributed by atoms with Crippen LogP contribution in [0.4, 0.5) is 8.78 Å². The van der Waals surface area contributed by atoms with Crippen molar-refractivity contribution in [2.24, 2.45) is 0 Å². The number of carboxylic acids is 1. The molecule has 0 saturated carbocycles. The number of rotatable bonds is 3. The van der Waals surface area contributed by atoms with E-state index in [9.17, 15) is 13.6 Å². The highest BCUT2D eigenvalue weighted by atomic mass is 35.5. The Morgan fingerprint density at radius 1 is 1.38 bits per heavy atom. The topological polar surface area (TPSA) is 55.1 Å². The van der Waals surface area contributed by atoms with Crippen LogP contribution in [-0.2, 0) is 17.8 Å². The lowest BCUT2D eigenvalue weighted by Crippen LogP contribution is -2.26. The fourth-order valence-corrected chi connectivity index (χ4v) is 3.30.